The molecule has 3 amide bonds. The predicted octanol–water partition coefficient (Wildman–Crippen LogP) is 2.09. The molecule has 186 valence electrons. The molecule has 3 N–H and O–H groups in total. The number of rotatable bonds is 11. The van der Waals surface area contributed by atoms with Crippen molar-refractivity contribution in [3.05, 3.63) is 35.9 Å². The fourth-order valence-electron chi connectivity index (χ4n) is 4.28. The maximum atomic E-state index is 13.1. The summed E-state index contributed by atoms with van der Waals surface area (Å²) in [5.74, 6) is -1.55. The van der Waals surface area contributed by atoms with Gasteiger partial charge < -0.3 is 25.4 Å². The van der Waals surface area contributed by atoms with Gasteiger partial charge in [0.2, 0.25) is 11.8 Å². The van der Waals surface area contributed by atoms with Crippen LogP contribution in [0.5, 0.6) is 0 Å². The first-order chi connectivity index (χ1) is 16.2. The smallest absolute Gasteiger partial charge is 0.408 e. The highest BCUT2D eigenvalue weighted by atomic mass is 16.6. The van der Waals surface area contributed by atoms with Crippen molar-refractivity contribution in [1.82, 2.24) is 16.0 Å². The van der Waals surface area contributed by atoms with Gasteiger partial charge in [-0.2, -0.15) is 0 Å². The largest absolute Gasteiger partial charge is 0.467 e. The molecule has 3 rings (SSSR count). The van der Waals surface area contributed by atoms with E-state index in [4.69, 9.17) is 9.47 Å². The number of alkyl carbamates (subject to hydrolysis) is 1. The lowest BCUT2D eigenvalue weighted by Gasteiger charge is -2.25. The van der Waals surface area contributed by atoms with Crippen LogP contribution < -0.4 is 16.0 Å². The lowest BCUT2D eigenvalue weighted by Crippen LogP contribution is -2.53. The quantitative estimate of drug-likeness (QED) is 0.423. The van der Waals surface area contributed by atoms with E-state index in [1.54, 1.807) is 0 Å². The van der Waals surface area contributed by atoms with Crippen molar-refractivity contribution in [2.75, 3.05) is 13.7 Å². The zero-order valence-corrected chi connectivity index (χ0v) is 20.1. The average molecular weight is 474 g/mol. The number of carbonyl (C=O) groups is 4. The van der Waals surface area contributed by atoms with Gasteiger partial charge in [-0.05, 0) is 43.6 Å². The van der Waals surface area contributed by atoms with Crippen LogP contribution in [0.15, 0.2) is 30.3 Å². The molecule has 1 heterocycles. The second-order valence-corrected chi connectivity index (χ2v) is 9.66. The minimum Gasteiger partial charge on any atom is -0.467 e. The van der Waals surface area contributed by atoms with Crippen molar-refractivity contribution >= 4 is 23.9 Å². The number of amides is 3. The van der Waals surface area contributed by atoms with Crippen molar-refractivity contribution in [1.29, 1.82) is 0 Å². The van der Waals surface area contributed by atoms with E-state index < -0.39 is 35.7 Å². The van der Waals surface area contributed by atoms with E-state index in [1.165, 1.54) is 7.11 Å². The molecule has 1 saturated carbocycles. The van der Waals surface area contributed by atoms with Gasteiger partial charge in [-0.15, -0.1) is 0 Å². The number of nitrogens with one attached hydrogen (secondary N) is 3. The van der Waals surface area contributed by atoms with Gasteiger partial charge in [0.15, 0.2) is 0 Å². The predicted molar refractivity (Wildman–Crippen MR) is 125 cm³/mol. The van der Waals surface area contributed by atoms with Gasteiger partial charge >= 0.3 is 12.1 Å². The second kappa shape index (κ2) is 11.4. The molecule has 0 radical (unpaired) electrons. The molecule has 34 heavy (non-hydrogen) atoms. The number of methoxy groups -OCH3 is 1. The van der Waals surface area contributed by atoms with Crippen LogP contribution in [-0.4, -0.2) is 55.2 Å². The minimum atomic E-state index is -0.980. The maximum absolute atomic E-state index is 13.1. The highest BCUT2D eigenvalue weighted by Crippen LogP contribution is 2.42. The summed E-state index contributed by atoms with van der Waals surface area (Å²) in [6, 6.07) is 7.95. The summed E-state index contributed by atoms with van der Waals surface area (Å²) >= 11 is 0. The molecule has 1 aromatic rings. The summed E-state index contributed by atoms with van der Waals surface area (Å²) < 4.78 is 10.6. The molecule has 1 aromatic carbocycles. The van der Waals surface area contributed by atoms with Crippen LogP contribution in [0.1, 0.15) is 51.5 Å². The first-order valence-electron chi connectivity index (χ1n) is 11.9. The highest BCUT2D eigenvalue weighted by Gasteiger charge is 2.47. The monoisotopic (exact) mass is 473 g/mol. The molecule has 0 unspecified atom stereocenters. The van der Waals surface area contributed by atoms with Gasteiger partial charge in [0.25, 0.3) is 0 Å². The molecule has 9 heteroatoms. The van der Waals surface area contributed by atoms with E-state index in [1.807, 2.05) is 44.2 Å². The molecule has 0 spiro atoms. The Hall–Kier alpha value is -3.10. The Labute approximate surface area is 200 Å². The van der Waals surface area contributed by atoms with Crippen molar-refractivity contribution in [3.8, 4) is 0 Å². The van der Waals surface area contributed by atoms with Crippen LogP contribution >= 0.6 is 0 Å². The molecule has 1 aliphatic heterocycles. The summed E-state index contributed by atoms with van der Waals surface area (Å²) in [6.07, 6.45) is 2.60. The first kappa shape index (κ1) is 25.5. The summed E-state index contributed by atoms with van der Waals surface area (Å²) in [7, 11) is 1.24. The fourth-order valence-corrected chi connectivity index (χ4v) is 4.28. The summed E-state index contributed by atoms with van der Waals surface area (Å²) in [5, 5.41) is 8.10. The van der Waals surface area contributed by atoms with Crippen molar-refractivity contribution in [2.45, 2.75) is 70.1 Å². The number of esters is 1. The molecule has 1 saturated heterocycles. The summed E-state index contributed by atoms with van der Waals surface area (Å²) in [6.45, 7) is 4.41. The number of carbonyl (C=O) groups excluding carboxylic acids is 4. The van der Waals surface area contributed by atoms with E-state index >= 15 is 0 Å². The molecule has 2 aliphatic rings. The van der Waals surface area contributed by atoms with E-state index in [0.717, 1.165) is 18.4 Å². The normalized spacial score (nSPS) is 20.1. The Kier molecular flexibility index (Phi) is 8.52. The first-order valence-corrected chi connectivity index (χ1v) is 11.9. The third-order valence-corrected chi connectivity index (χ3v) is 6.29. The second-order valence-electron chi connectivity index (χ2n) is 9.66. The lowest BCUT2D eigenvalue weighted by atomic mass is 9.97. The van der Waals surface area contributed by atoms with Gasteiger partial charge in [0.05, 0.1) is 7.11 Å². The van der Waals surface area contributed by atoms with Crippen molar-refractivity contribution in [3.63, 3.8) is 0 Å². The topological polar surface area (TPSA) is 123 Å². The Morgan fingerprint density at radius 2 is 1.82 bits per heavy atom. The van der Waals surface area contributed by atoms with Crippen molar-refractivity contribution < 1.29 is 28.7 Å². The number of hydrogen-bond acceptors (Lipinski definition) is 6. The number of benzene rings is 1. The van der Waals surface area contributed by atoms with Gasteiger partial charge in [0.1, 0.15) is 17.7 Å². The zero-order valence-electron chi connectivity index (χ0n) is 20.1. The molecule has 0 bridgehead atoms. The molecule has 9 nitrogen and oxygen atoms in total. The van der Waals surface area contributed by atoms with Crippen LogP contribution in [0, 0.1) is 11.8 Å². The Morgan fingerprint density at radius 1 is 1.12 bits per heavy atom. The van der Waals surface area contributed by atoms with Crippen LogP contribution in [0.4, 0.5) is 4.79 Å². The SMILES string of the molecule is COC(=O)[C@H](C[C@@H]1CCNC1=O)NC(=O)[C@H](CC(C)C)NC(=O)OC1(Cc2ccccc2)CC1. The number of ether oxygens (including phenoxy) is 2. The standard InChI is InChI=1S/C25H35N3O6/c1-16(2)13-19(22(30)27-20(23(31)33-3)14-18-9-12-26-21(18)29)28-24(32)34-25(10-11-25)15-17-7-5-4-6-8-17/h4-8,16,18-20H,9-15H2,1-3H3,(H,26,29)(H,27,30)(H,28,32)/t18-,19-,20-/m0/s1. The van der Waals surface area contributed by atoms with E-state index in [9.17, 15) is 19.2 Å². The third kappa shape index (κ3) is 7.20. The summed E-state index contributed by atoms with van der Waals surface area (Å²) in [5.41, 5.74) is 0.537. The van der Waals surface area contributed by atoms with Crippen molar-refractivity contribution in [2.24, 2.45) is 11.8 Å². The average Bonchev–Trinajstić information content (AvgIpc) is 3.42. The molecule has 3 atom stereocenters. The molecular formula is C25H35N3O6. The Morgan fingerprint density at radius 3 is 2.38 bits per heavy atom. The third-order valence-electron chi connectivity index (χ3n) is 6.29. The highest BCUT2D eigenvalue weighted by molar-refractivity contribution is 5.90. The lowest BCUT2D eigenvalue weighted by molar-refractivity contribution is -0.146. The van der Waals surface area contributed by atoms with Crippen LogP contribution in [0.2, 0.25) is 0 Å². The van der Waals surface area contributed by atoms with Crippen LogP contribution in [-0.2, 0) is 30.3 Å². The fraction of sp³-hybridized carbons (Fsp3) is 0.600. The van der Waals surface area contributed by atoms with E-state index in [2.05, 4.69) is 16.0 Å². The maximum Gasteiger partial charge on any atom is 0.408 e. The van der Waals surface area contributed by atoms with Gasteiger partial charge in [-0.3, -0.25) is 9.59 Å². The summed E-state index contributed by atoms with van der Waals surface area (Å²) in [4.78, 5) is 50.1. The number of hydrogen-bond donors (Lipinski definition) is 3. The van der Waals surface area contributed by atoms with E-state index in [0.29, 0.717) is 25.8 Å². The van der Waals surface area contributed by atoms with Crippen LogP contribution in [0.3, 0.4) is 0 Å². The molecule has 2 fully saturated rings. The van der Waals surface area contributed by atoms with Gasteiger partial charge in [-0.1, -0.05) is 44.2 Å². The minimum absolute atomic E-state index is 0.104. The van der Waals surface area contributed by atoms with Crippen LogP contribution in [0.25, 0.3) is 0 Å². The van der Waals surface area contributed by atoms with Gasteiger partial charge in [-0.25, -0.2) is 9.59 Å². The van der Waals surface area contributed by atoms with Gasteiger partial charge in [0, 0.05) is 18.9 Å². The molecular weight excluding hydrogens is 438 g/mol. The zero-order chi connectivity index (χ0) is 24.7. The molecule has 1 aliphatic carbocycles. The van der Waals surface area contributed by atoms with E-state index in [-0.39, 0.29) is 24.2 Å². The molecule has 0 aromatic heterocycles. The Balaban J connectivity index is 1.61. The Bertz CT molecular complexity index is 884.